The van der Waals surface area contributed by atoms with Gasteiger partial charge in [-0.1, -0.05) is 36.8 Å². The van der Waals surface area contributed by atoms with E-state index in [0.29, 0.717) is 12.2 Å². The number of ether oxygens (including phenoxy) is 2. The molecule has 1 fully saturated rings. The van der Waals surface area contributed by atoms with Crippen LogP contribution in [0.25, 0.3) is 10.6 Å². The van der Waals surface area contributed by atoms with Gasteiger partial charge in [0.15, 0.2) is 0 Å². The molecule has 1 aliphatic rings. The molecule has 174 valence electrons. The van der Waals surface area contributed by atoms with E-state index in [0.717, 1.165) is 29.8 Å². The van der Waals surface area contributed by atoms with Gasteiger partial charge in [0.2, 0.25) is 10.0 Å². The zero-order valence-electron chi connectivity index (χ0n) is 18.6. The largest absolute Gasteiger partial charge is 0.495 e. The molecule has 1 aliphatic heterocycles. The van der Waals surface area contributed by atoms with Gasteiger partial charge in [0, 0.05) is 23.5 Å². The number of benzene rings is 2. The van der Waals surface area contributed by atoms with Crippen LogP contribution < -0.4 is 4.74 Å². The first-order chi connectivity index (χ1) is 15.9. The predicted octanol–water partition coefficient (Wildman–Crippen LogP) is 4.74. The zero-order valence-corrected chi connectivity index (χ0v) is 20.2. The Labute approximate surface area is 198 Å². The van der Waals surface area contributed by atoms with E-state index in [2.05, 4.69) is 4.98 Å². The van der Waals surface area contributed by atoms with Crippen molar-refractivity contribution >= 4 is 27.3 Å². The summed E-state index contributed by atoms with van der Waals surface area (Å²) in [6.07, 6.45) is 2.62. The summed E-state index contributed by atoms with van der Waals surface area (Å²) >= 11 is 1.47. The number of rotatable bonds is 7. The van der Waals surface area contributed by atoms with Crippen molar-refractivity contribution in [2.45, 2.75) is 43.7 Å². The number of carbonyl (C=O) groups excluding carboxylic acids is 1. The molecule has 0 radical (unpaired) electrons. The van der Waals surface area contributed by atoms with Crippen LogP contribution in [0.15, 0.2) is 58.8 Å². The van der Waals surface area contributed by atoms with Gasteiger partial charge in [0.1, 0.15) is 22.3 Å². The van der Waals surface area contributed by atoms with Crippen molar-refractivity contribution in [3.8, 4) is 16.3 Å². The Morgan fingerprint density at radius 2 is 1.97 bits per heavy atom. The Kier molecular flexibility index (Phi) is 7.11. The summed E-state index contributed by atoms with van der Waals surface area (Å²) in [5.41, 5.74) is 1.78. The minimum Gasteiger partial charge on any atom is -0.495 e. The van der Waals surface area contributed by atoms with E-state index in [1.54, 1.807) is 0 Å². The normalized spacial score (nSPS) is 17.0. The van der Waals surface area contributed by atoms with Crippen LogP contribution in [0, 0.1) is 0 Å². The van der Waals surface area contributed by atoms with E-state index in [9.17, 15) is 13.2 Å². The third-order valence-corrected chi connectivity index (χ3v) is 8.63. The fourth-order valence-corrected chi connectivity index (χ4v) is 6.56. The molecule has 2 aromatic carbocycles. The van der Waals surface area contributed by atoms with Crippen molar-refractivity contribution in [1.29, 1.82) is 0 Å². The highest BCUT2D eigenvalue weighted by Gasteiger charge is 2.33. The van der Waals surface area contributed by atoms with Crippen LogP contribution in [0.2, 0.25) is 0 Å². The van der Waals surface area contributed by atoms with Crippen molar-refractivity contribution in [3.05, 3.63) is 65.2 Å². The summed E-state index contributed by atoms with van der Waals surface area (Å²) in [4.78, 5) is 17.2. The van der Waals surface area contributed by atoms with Gasteiger partial charge in [0.25, 0.3) is 0 Å². The molecule has 0 spiro atoms. The lowest BCUT2D eigenvalue weighted by Crippen LogP contribution is -2.42. The van der Waals surface area contributed by atoms with E-state index in [-0.39, 0.29) is 28.9 Å². The van der Waals surface area contributed by atoms with Gasteiger partial charge in [-0.2, -0.15) is 4.31 Å². The van der Waals surface area contributed by atoms with Gasteiger partial charge < -0.3 is 9.47 Å². The molecule has 3 aromatic rings. The maximum Gasteiger partial charge on any atom is 0.338 e. The van der Waals surface area contributed by atoms with Crippen LogP contribution in [0.4, 0.5) is 0 Å². The highest BCUT2D eigenvalue weighted by molar-refractivity contribution is 7.89. The van der Waals surface area contributed by atoms with Crippen LogP contribution in [-0.2, 0) is 21.4 Å². The number of sulfonamides is 1. The number of nitrogens with zero attached hydrogens (tertiary/aromatic N) is 2. The average Bonchev–Trinajstić information content (AvgIpc) is 3.32. The smallest absolute Gasteiger partial charge is 0.338 e. The van der Waals surface area contributed by atoms with E-state index in [1.165, 1.54) is 41.0 Å². The first-order valence-electron chi connectivity index (χ1n) is 10.8. The summed E-state index contributed by atoms with van der Waals surface area (Å²) in [6.45, 7) is 2.35. The first kappa shape index (κ1) is 23.4. The molecule has 7 nitrogen and oxygen atoms in total. The summed E-state index contributed by atoms with van der Waals surface area (Å²) in [5, 5.41) is 2.69. The summed E-state index contributed by atoms with van der Waals surface area (Å²) in [5.74, 6) is -0.411. The Bertz CT molecular complexity index is 1220. The molecule has 4 rings (SSSR count). The fourth-order valence-electron chi connectivity index (χ4n) is 3.87. The lowest BCUT2D eigenvalue weighted by molar-refractivity contribution is 0.0468. The van der Waals surface area contributed by atoms with Gasteiger partial charge in [-0.05, 0) is 38.0 Å². The number of methoxy groups -OCH3 is 1. The number of esters is 1. The van der Waals surface area contributed by atoms with Gasteiger partial charge in [-0.15, -0.1) is 11.3 Å². The molecular formula is C24H26N2O5S2. The molecule has 1 atom stereocenters. The standard InChI is InChI=1S/C24H26N2O5S2/c1-17-8-6-7-13-26(17)33(28,29)22-14-19(11-12-21(22)30-2)24(27)31-15-20-16-32-23(25-20)18-9-4-3-5-10-18/h3-5,9-12,14,16-17H,6-8,13,15H2,1-2H3. The molecule has 0 amide bonds. The number of aromatic nitrogens is 1. The number of piperidine rings is 1. The Hall–Kier alpha value is -2.75. The van der Waals surface area contributed by atoms with Crippen molar-refractivity contribution in [3.63, 3.8) is 0 Å². The second-order valence-corrected chi connectivity index (χ2v) is 10.6. The van der Waals surface area contributed by atoms with Gasteiger partial charge in [0.05, 0.1) is 18.4 Å². The predicted molar refractivity (Wildman–Crippen MR) is 127 cm³/mol. The second kappa shape index (κ2) is 10.0. The van der Waals surface area contributed by atoms with E-state index < -0.39 is 16.0 Å². The number of hydrogen-bond acceptors (Lipinski definition) is 7. The number of thiazole rings is 1. The highest BCUT2D eigenvalue weighted by Crippen LogP contribution is 2.32. The van der Waals surface area contributed by atoms with Crippen molar-refractivity contribution in [2.75, 3.05) is 13.7 Å². The quantitative estimate of drug-likeness (QED) is 0.449. The van der Waals surface area contributed by atoms with Gasteiger partial charge in [-0.3, -0.25) is 0 Å². The second-order valence-electron chi connectivity index (χ2n) is 7.91. The van der Waals surface area contributed by atoms with Crippen molar-refractivity contribution in [1.82, 2.24) is 9.29 Å². The molecular weight excluding hydrogens is 460 g/mol. The molecule has 33 heavy (non-hydrogen) atoms. The van der Waals surface area contributed by atoms with Crippen LogP contribution in [0.1, 0.15) is 42.2 Å². The summed E-state index contributed by atoms with van der Waals surface area (Å²) in [7, 11) is -2.40. The number of carbonyl (C=O) groups is 1. The van der Waals surface area contributed by atoms with Crippen LogP contribution in [0.5, 0.6) is 5.75 Å². The third-order valence-electron chi connectivity index (χ3n) is 5.65. The van der Waals surface area contributed by atoms with Crippen LogP contribution in [-0.4, -0.2) is 43.4 Å². The van der Waals surface area contributed by atoms with Gasteiger partial charge in [-0.25, -0.2) is 18.2 Å². The van der Waals surface area contributed by atoms with E-state index in [1.807, 2.05) is 42.6 Å². The van der Waals surface area contributed by atoms with Gasteiger partial charge >= 0.3 is 5.97 Å². The van der Waals surface area contributed by atoms with E-state index in [4.69, 9.17) is 9.47 Å². The van der Waals surface area contributed by atoms with Crippen LogP contribution >= 0.6 is 11.3 Å². The lowest BCUT2D eigenvalue weighted by Gasteiger charge is -2.32. The topological polar surface area (TPSA) is 85.8 Å². The summed E-state index contributed by atoms with van der Waals surface area (Å²) < 4.78 is 38.9. The Balaban J connectivity index is 1.51. The molecule has 1 unspecified atom stereocenters. The molecule has 0 saturated carbocycles. The Morgan fingerprint density at radius 3 is 2.70 bits per heavy atom. The molecule has 1 saturated heterocycles. The average molecular weight is 487 g/mol. The molecule has 0 N–H and O–H groups in total. The minimum absolute atomic E-state index is 0.000557. The summed E-state index contributed by atoms with van der Waals surface area (Å²) in [6, 6.07) is 14.0. The highest BCUT2D eigenvalue weighted by atomic mass is 32.2. The molecule has 1 aromatic heterocycles. The molecule has 2 heterocycles. The maximum absolute atomic E-state index is 13.4. The van der Waals surface area contributed by atoms with Crippen LogP contribution in [0.3, 0.4) is 0 Å². The molecule has 9 heteroatoms. The SMILES string of the molecule is COc1ccc(C(=O)OCc2csc(-c3ccccc3)n2)cc1S(=O)(=O)N1CCCCC1C. The lowest BCUT2D eigenvalue weighted by atomic mass is 10.1. The third kappa shape index (κ3) is 5.10. The monoisotopic (exact) mass is 486 g/mol. The van der Waals surface area contributed by atoms with Crippen molar-refractivity contribution in [2.24, 2.45) is 0 Å². The maximum atomic E-state index is 13.4. The zero-order chi connectivity index (χ0) is 23.4. The van der Waals surface area contributed by atoms with Crippen molar-refractivity contribution < 1.29 is 22.7 Å². The minimum atomic E-state index is -3.81. The van der Waals surface area contributed by atoms with E-state index >= 15 is 0 Å². The first-order valence-corrected chi connectivity index (χ1v) is 13.1. The Morgan fingerprint density at radius 1 is 1.18 bits per heavy atom. The fraction of sp³-hybridized carbons (Fsp3) is 0.333. The number of hydrogen-bond donors (Lipinski definition) is 0. The molecule has 0 bridgehead atoms. The molecule has 0 aliphatic carbocycles.